The van der Waals surface area contributed by atoms with Crippen molar-refractivity contribution in [3.05, 3.63) is 113 Å². The normalized spacial score (nSPS) is 11.6. The Labute approximate surface area is 242 Å². The second kappa shape index (κ2) is 11.8. The maximum Gasteiger partial charge on any atom is 0.264 e. The van der Waals surface area contributed by atoms with Crippen LogP contribution in [0.15, 0.2) is 94.7 Å². The standard InChI is InChI=1S/C31H33N3O5S2/c1-21-6-12-30(13-7-21)41(38,39)34(28-17-22(2)16-23(3)18-28)20-31(35)32-26-10-14-29(15-11-26)40(36,37)33-27-9-8-24(4)25(5)19-27/h6-19,33H,20H2,1-5H3,(H,32,35). The number of hydrogen-bond donors (Lipinski definition) is 2. The molecule has 0 saturated carbocycles. The van der Waals surface area contributed by atoms with E-state index in [-0.39, 0.29) is 9.79 Å². The predicted octanol–water partition coefficient (Wildman–Crippen LogP) is 5.86. The van der Waals surface area contributed by atoms with Gasteiger partial charge in [-0.2, -0.15) is 0 Å². The first-order valence-corrected chi connectivity index (χ1v) is 15.8. The fraction of sp³-hybridized carbons (Fsp3) is 0.194. The van der Waals surface area contributed by atoms with Crippen LogP contribution < -0.4 is 14.3 Å². The van der Waals surface area contributed by atoms with Gasteiger partial charge in [0.15, 0.2) is 0 Å². The van der Waals surface area contributed by atoms with Crippen LogP contribution in [-0.2, 0) is 24.8 Å². The van der Waals surface area contributed by atoms with Crippen LogP contribution in [0, 0.1) is 34.6 Å². The van der Waals surface area contributed by atoms with Gasteiger partial charge in [0.05, 0.1) is 15.5 Å². The van der Waals surface area contributed by atoms with Gasteiger partial charge in [0.25, 0.3) is 20.0 Å². The summed E-state index contributed by atoms with van der Waals surface area (Å²) in [4.78, 5) is 13.2. The summed E-state index contributed by atoms with van der Waals surface area (Å²) in [5, 5.41) is 2.69. The van der Waals surface area contributed by atoms with Gasteiger partial charge in [-0.3, -0.25) is 13.8 Å². The molecular weight excluding hydrogens is 558 g/mol. The van der Waals surface area contributed by atoms with E-state index in [4.69, 9.17) is 0 Å². The summed E-state index contributed by atoms with van der Waals surface area (Å²) < 4.78 is 56.8. The van der Waals surface area contributed by atoms with Crippen LogP contribution in [-0.4, -0.2) is 29.3 Å². The average Bonchev–Trinajstić information content (AvgIpc) is 2.89. The Bertz CT molecular complexity index is 1780. The molecule has 0 aliphatic carbocycles. The van der Waals surface area contributed by atoms with E-state index in [0.29, 0.717) is 17.1 Å². The number of nitrogens with zero attached hydrogens (tertiary/aromatic N) is 1. The lowest BCUT2D eigenvalue weighted by Gasteiger charge is -2.25. The smallest absolute Gasteiger partial charge is 0.264 e. The molecular formula is C31H33N3O5S2. The molecule has 0 radical (unpaired) electrons. The molecule has 0 saturated heterocycles. The van der Waals surface area contributed by atoms with Crippen LogP contribution in [0.3, 0.4) is 0 Å². The molecule has 0 atom stereocenters. The molecule has 0 aliphatic heterocycles. The number of nitrogens with one attached hydrogen (secondary N) is 2. The van der Waals surface area contributed by atoms with E-state index >= 15 is 0 Å². The molecule has 0 bridgehead atoms. The number of sulfonamides is 2. The quantitative estimate of drug-likeness (QED) is 0.253. The largest absolute Gasteiger partial charge is 0.325 e. The van der Waals surface area contributed by atoms with Gasteiger partial charge >= 0.3 is 0 Å². The van der Waals surface area contributed by atoms with Crippen LogP contribution in [0.2, 0.25) is 0 Å². The van der Waals surface area contributed by atoms with E-state index in [1.54, 1.807) is 36.4 Å². The molecule has 0 unspecified atom stereocenters. The monoisotopic (exact) mass is 591 g/mol. The molecule has 41 heavy (non-hydrogen) atoms. The van der Waals surface area contributed by atoms with E-state index < -0.39 is 32.5 Å². The average molecular weight is 592 g/mol. The molecule has 2 N–H and O–H groups in total. The third-order valence-corrected chi connectivity index (χ3v) is 9.78. The van der Waals surface area contributed by atoms with E-state index in [9.17, 15) is 21.6 Å². The Morgan fingerprint density at radius 2 is 1.20 bits per heavy atom. The third kappa shape index (κ3) is 7.14. The Hall–Kier alpha value is -4.15. The minimum atomic E-state index is -4.07. The van der Waals surface area contributed by atoms with Gasteiger partial charge < -0.3 is 5.32 Å². The fourth-order valence-electron chi connectivity index (χ4n) is 4.31. The minimum Gasteiger partial charge on any atom is -0.325 e. The van der Waals surface area contributed by atoms with E-state index in [1.807, 2.05) is 46.8 Å². The van der Waals surface area contributed by atoms with Crippen molar-refractivity contribution in [2.24, 2.45) is 0 Å². The van der Waals surface area contributed by atoms with Gasteiger partial charge in [-0.1, -0.05) is 29.8 Å². The summed E-state index contributed by atoms with van der Waals surface area (Å²) in [5.74, 6) is -0.580. The highest BCUT2D eigenvalue weighted by Crippen LogP contribution is 2.27. The van der Waals surface area contributed by atoms with E-state index in [2.05, 4.69) is 10.0 Å². The zero-order valence-corrected chi connectivity index (χ0v) is 25.2. The molecule has 0 aliphatic rings. The van der Waals surface area contributed by atoms with Crippen LogP contribution >= 0.6 is 0 Å². The van der Waals surface area contributed by atoms with Crippen LogP contribution in [0.5, 0.6) is 0 Å². The number of carbonyl (C=O) groups is 1. The summed E-state index contributed by atoms with van der Waals surface area (Å²) >= 11 is 0. The number of anilines is 3. The Morgan fingerprint density at radius 3 is 1.78 bits per heavy atom. The second-order valence-electron chi connectivity index (χ2n) is 10.1. The summed E-state index contributed by atoms with van der Waals surface area (Å²) in [7, 11) is -7.92. The summed E-state index contributed by atoms with van der Waals surface area (Å²) in [5.41, 5.74) is 5.79. The Kier molecular flexibility index (Phi) is 8.55. The minimum absolute atomic E-state index is 0.0209. The summed E-state index contributed by atoms with van der Waals surface area (Å²) in [6.07, 6.45) is 0. The molecule has 214 valence electrons. The van der Waals surface area contributed by atoms with Crippen molar-refractivity contribution in [1.82, 2.24) is 0 Å². The molecule has 4 aromatic rings. The van der Waals surface area contributed by atoms with Crippen molar-refractivity contribution < 1.29 is 21.6 Å². The van der Waals surface area contributed by atoms with Crippen molar-refractivity contribution in [3.8, 4) is 0 Å². The lowest BCUT2D eigenvalue weighted by Crippen LogP contribution is -2.38. The van der Waals surface area contributed by atoms with Crippen LogP contribution in [0.1, 0.15) is 27.8 Å². The predicted molar refractivity (Wildman–Crippen MR) is 163 cm³/mol. The molecule has 10 heteroatoms. The Morgan fingerprint density at radius 1 is 0.634 bits per heavy atom. The van der Waals surface area contributed by atoms with Crippen molar-refractivity contribution >= 4 is 43.0 Å². The molecule has 0 fully saturated rings. The zero-order chi connectivity index (χ0) is 29.9. The van der Waals surface area contributed by atoms with Gasteiger partial charge in [0.2, 0.25) is 5.91 Å². The number of hydrogen-bond acceptors (Lipinski definition) is 5. The molecule has 0 spiro atoms. The van der Waals surface area contributed by atoms with Crippen molar-refractivity contribution in [3.63, 3.8) is 0 Å². The molecule has 0 heterocycles. The molecule has 4 rings (SSSR count). The number of amides is 1. The van der Waals surface area contributed by atoms with Gasteiger partial charge in [0.1, 0.15) is 6.54 Å². The van der Waals surface area contributed by atoms with Crippen molar-refractivity contribution in [1.29, 1.82) is 0 Å². The Balaban J connectivity index is 1.55. The maximum atomic E-state index is 13.7. The first kappa shape index (κ1) is 29.8. The zero-order valence-electron chi connectivity index (χ0n) is 23.6. The molecule has 4 aromatic carbocycles. The molecule has 0 aromatic heterocycles. The fourth-order valence-corrected chi connectivity index (χ4v) is 6.77. The number of aryl methyl sites for hydroxylation is 5. The first-order valence-electron chi connectivity index (χ1n) is 12.9. The van der Waals surface area contributed by atoms with Gasteiger partial charge in [0, 0.05) is 11.4 Å². The van der Waals surface area contributed by atoms with Crippen molar-refractivity contribution in [2.75, 3.05) is 20.9 Å². The van der Waals surface area contributed by atoms with E-state index in [0.717, 1.165) is 32.1 Å². The highest BCUT2D eigenvalue weighted by molar-refractivity contribution is 7.93. The van der Waals surface area contributed by atoms with E-state index in [1.165, 1.54) is 36.4 Å². The number of carbonyl (C=O) groups excluding carboxylic acids is 1. The maximum absolute atomic E-state index is 13.7. The van der Waals surface area contributed by atoms with Crippen LogP contribution in [0.4, 0.5) is 17.1 Å². The summed E-state index contributed by atoms with van der Waals surface area (Å²) in [6, 6.07) is 22.8. The second-order valence-corrected chi connectivity index (χ2v) is 13.7. The highest BCUT2D eigenvalue weighted by atomic mass is 32.2. The topological polar surface area (TPSA) is 113 Å². The van der Waals surface area contributed by atoms with Gasteiger partial charge in [-0.05, 0) is 118 Å². The number of benzene rings is 4. The lowest BCUT2D eigenvalue weighted by atomic mass is 10.1. The molecule has 1 amide bonds. The SMILES string of the molecule is Cc1ccc(S(=O)(=O)N(CC(=O)Nc2ccc(S(=O)(=O)Nc3ccc(C)c(C)c3)cc2)c2cc(C)cc(C)c2)cc1. The van der Waals surface area contributed by atoms with Crippen LogP contribution in [0.25, 0.3) is 0 Å². The molecule has 8 nitrogen and oxygen atoms in total. The number of rotatable bonds is 9. The first-order chi connectivity index (χ1) is 19.2. The highest BCUT2D eigenvalue weighted by Gasteiger charge is 2.28. The van der Waals surface area contributed by atoms with Gasteiger partial charge in [-0.25, -0.2) is 16.8 Å². The third-order valence-electron chi connectivity index (χ3n) is 6.60. The van der Waals surface area contributed by atoms with Crippen molar-refractivity contribution in [2.45, 2.75) is 44.4 Å². The summed E-state index contributed by atoms with van der Waals surface area (Å²) in [6.45, 7) is 8.95. The lowest BCUT2D eigenvalue weighted by molar-refractivity contribution is -0.114. The van der Waals surface area contributed by atoms with Gasteiger partial charge in [-0.15, -0.1) is 0 Å².